The second-order valence-electron chi connectivity index (χ2n) is 9.44. The predicted octanol–water partition coefficient (Wildman–Crippen LogP) is 4.85. The summed E-state index contributed by atoms with van der Waals surface area (Å²) in [5.74, 6) is 2.63. The number of Topliss-reactive ketones (excluding diaryl/α,β-unsaturated/α-hetero) is 1. The van der Waals surface area contributed by atoms with Crippen LogP contribution < -0.4 is 5.56 Å². The lowest BCUT2D eigenvalue weighted by molar-refractivity contribution is -0.143. The van der Waals surface area contributed by atoms with Crippen LogP contribution >= 0.6 is 11.8 Å². The van der Waals surface area contributed by atoms with Crippen LogP contribution in [0.25, 0.3) is 10.9 Å². The minimum absolute atomic E-state index is 0.0625. The topological polar surface area (TPSA) is 52.0 Å². The Labute approximate surface area is 175 Å². The standard InChI is InChI=1S/C24H28N2O2S/c1-3-8-26-22(28)19-6-4-5-7-20(19)25-23(26)29-15(2)21(27)24-12-16-9-17(13-24)11-18(10-16)14-24/h3-7,15-18H,1,8-14H2,2H3. The molecule has 6 rings (SSSR count). The van der Waals surface area contributed by atoms with Crippen molar-refractivity contribution in [3.8, 4) is 0 Å². The van der Waals surface area contributed by atoms with Crippen LogP contribution in [0.2, 0.25) is 0 Å². The number of hydrogen-bond donors (Lipinski definition) is 0. The fourth-order valence-corrected chi connectivity index (χ4v) is 7.69. The van der Waals surface area contributed by atoms with Crippen molar-refractivity contribution in [3.05, 3.63) is 47.3 Å². The second kappa shape index (κ2) is 7.12. The highest BCUT2D eigenvalue weighted by Crippen LogP contribution is 2.61. The number of ketones is 1. The van der Waals surface area contributed by atoms with Crippen molar-refractivity contribution in [2.24, 2.45) is 23.2 Å². The van der Waals surface area contributed by atoms with Gasteiger partial charge in [-0.25, -0.2) is 4.98 Å². The fourth-order valence-electron chi connectivity index (χ4n) is 6.58. The van der Waals surface area contributed by atoms with E-state index in [1.807, 2.05) is 31.2 Å². The highest BCUT2D eigenvalue weighted by atomic mass is 32.2. The SMILES string of the molecule is C=CCn1c(SC(C)C(=O)C23CC4CC(CC(C4)C2)C3)nc2ccccc2c1=O. The number of para-hydroxylation sites is 1. The van der Waals surface area contributed by atoms with E-state index in [1.54, 1.807) is 10.6 Å². The molecule has 1 atom stereocenters. The summed E-state index contributed by atoms with van der Waals surface area (Å²) in [5.41, 5.74) is 0.504. The average molecular weight is 409 g/mol. The Hall–Kier alpha value is -1.88. The first kappa shape index (κ1) is 19.1. The van der Waals surface area contributed by atoms with Crippen LogP contribution in [0.3, 0.4) is 0 Å². The molecule has 1 unspecified atom stereocenters. The lowest BCUT2D eigenvalue weighted by Crippen LogP contribution is -2.51. The van der Waals surface area contributed by atoms with Gasteiger partial charge in [-0.3, -0.25) is 14.2 Å². The van der Waals surface area contributed by atoms with Gasteiger partial charge in [0.05, 0.1) is 16.2 Å². The van der Waals surface area contributed by atoms with Crippen molar-refractivity contribution in [3.63, 3.8) is 0 Å². The van der Waals surface area contributed by atoms with Crippen molar-refractivity contribution in [1.29, 1.82) is 0 Å². The van der Waals surface area contributed by atoms with E-state index in [1.165, 1.54) is 31.0 Å². The molecule has 4 bridgehead atoms. The molecule has 0 saturated heterocycles. The largest absolute Gasteiger partial charge is 0.298 e. The number of rotatable bonds is 6. The van der Waals surface area contributed by atoms with Gasteiger partial charge in [-0.15, -0.1) is 6.58 Å². The van der Waals surface area contributed by atoms with Crippen LogP contribution in [0.4, 0.5) is 0 Å². The molecule has 4 aliphatic rings. The van der Waals surface area contributed by atoms with Gasteiger partial charge >= 0.3 is 0 Å². The number of allylic oxidation sites excluding steroid dienone is 1. The molecule has 4 saturated carbocycles. The summed E-state index contributed by atoms with van der Waals surface area (Å²) in [6, 6.07) is 7.42. The quantitative estimate of drug-likeness (QED) is 0.390. The van der Waals surface area contributed by atoms with Gasteiger partial charge in [-0.1, -0.05) is 30.0 Å². The molecule has 1 heterocycles. The summed E-state index contributed by atoms with van der Waals surface area (Å²) < 4.78 is 1.66. The molecule has 1 aromatic heterocycles. The summed E-state index contributed by atoms with van der Waals surface area (Å²) in [5, 5.41) is 1.04. The smallest absolute Gasteiger partial charge is 0.262 e. The van der Waals surface area contributed by atoms with Gasteiger partial charge in [0.1, 0.15) is 0 Å². The number of thioether (sulfide) groups is 1. The van der Waals surface area contributed by atoms with E-state index in [-0.39, 0.29) is 16.2 Å². The van der Waals surface area contributed by atoms with Crippen molar-refractivity contribution in [2.75, 3.05) is 0 Å². The van der Waals surface area contributed by atoms with Gasteiger partial charge in [0, 0.05) is 12.0 Å². The molecular weight excluding hydrogens is 380 g/mol. The lowest BCUT2D eigenvalue weighted by atomic mass is 9.48. The Bertz CT molecular complexity index is 1010. The van der Waals surface area contributed by atoms with E-state index < -0.39 is 0 Å². The van der Waals surface area contributed by atoms with Gasteiger partial charge in [-0.2, -0.15) is 0 Å². The highest BCUT2D eigenvalue weighted by Gasteiger charge is 2.55. The lowest BCUT2D eigenvalue weighted by Gasteiger charge is -2.56. The summed E-state index contributed by atoms with van der Waals surface area (Å²) in [7, 11) is 0. The maximum atomic E-state index is 13.7. The number of benzene rings is 1. The Morgan fingerprint density at radius 1 is 1.24 bits per heavy atom. The van der Waals surface area contributed by atoms with Gasteiger partial charge in [0.25, 0.3) is 5.56 Å². The van der Waals surface area contributed by atoms with Crippen molar-refractivity contribution >= 4 is 28.4 Å². The molecule has 1 aromatic carbocycles. The molecule has 4 aliphatic carbocycles. The molecule has 29 heavy (non-hydrogen) atoms. The van der Waals surface area contributed by atoms with Crippen LogP contribution in [-0.2, 0) is 11.3 Å². The Morgan fingerprint density at radius 2 is 1.86 bits per heavy atom. The van der Waals surface area contributed by atoms with Crippen LogP contribution in [0.15, 0.2) is 46.9 Å². The Morgan fingerprint density at radius 3 is 2.48 bits per heavy atom. The summed E-state index contributed by atoms with van der Waals surface area (Å²) in [4.78, 5) is 31.4. The molecule has 0 amide bonds. The minimum atomic E-state index is -0.199. The monoisotopic (exact) mass is 408 g/mol. The normalized spacial score (nSPS) is 31.1. The number of hydrogen-bond acceptors (Lipinski definition) is 4. The second-order valence-corrected chi connectivity index (χ2v) is 10.7. The third kappa shape index (κ3) is 3.18. The van der Waals surface area contributed by atoms with Gasteiger partial charge in [0.2, 0.25) is 0 Å². The average Bonchev–Trinajstić information content (AvgIpc) is 2.69. The number of nitrogens with zero attached hydrogens (tertiary/aromatic N) is 2. The van der Waals surface area contributed by atoms with E-state index in [2.05, 4.69) is 6.58 Å². The highest BCUT2D eigenvalue weighted by molar-refractivity contribution is 8.00. The minimum Gasteiger partial charge on any atom is -0.298 e. The maximum absolute atomic E-state index is 13.7. The zero-order valence-electron chi connectivity index (χ0n) is 17.0. The summed E-state index contributed by atoms with van der Waals surface area (Å²) in [6.45, 7) is 6.20. The molecule has 2 aromatic rings. The first-order valence-corrected chi connectivity index (χ1v) is 11.7. The zero-order valence-corrected chi connectivity index (χ0v) is 17.8. The Kier molecular flexibility index (Phi) is 4.69. The number of aromatic nitrogens is 2. The molecule has 4 fully saturated rings. The third-order valence-electron chi connectivity index (χ3n) is 7.35. The number of fused-ring (bicyclic) bond motifs is 1. The maximum Gasteiger partial charge on any atom is 0.262 e. The van der Waals surface area contributed by atoms with Gasteiger partial charge in [-0.05, 0) is 75.3 Å². The number of carbonyl (C=O) groups is 1. The van der Waals surface area contributed by atoms with E-state index in [0.29, 0.717) is 28.4 Å². The van der Waals surface area contributed by atoms with Crippen molar-refractivity contribution in [1.82, 2.24) is 9.55 Å². The summed E-state index contributed by atoms with van der Waals surface area (Å²) >= 11 is 1.45. The van der Waals surface area contributed by atoms with Crippen LogP contribution in [0.1, 0.15) is 45.4 Å². The van der Waals surface area contributed by atoms with Gasteiger partial charge in [0.15, 0.2) is 10.9 Å². The fraction of sp³-hybridized carbons (Fsp3) is 0.542. The predicted molar refractivity (Wildman–Crippen MR) is 117 cm³/mol. The van der Waals surface area contributed by atoms with Crippen LogP contribution in [-0.4, -0.2) is 20.6 Å². The first-order chi connectivity index (χ1) is 14.0. The van der Waals surface area contributed by atoms with Crippen molar-refractivity contribution in [2.45, 2.75) is 62.4 Å². The molecule has 5 heteroatoms. The first-order valence-electron chi connectivity index (χ1n) is 10.8. The molecule has 0 spiro atoms. The van der Waals surface area contributed by atoms with E-state index in [4.69, 9.17) is 4.98 Å². The van der Waals surface area contributed by atoms with E-state index in [9.17, 15) is 9.59 Å². The van der Waals surface area contributed by atoms with Crippen molar-refractivity contribution < 1.29 is 4.79 Å². The molecular formula is C24H28N2O2S. The molecule has 0 aliphatic heterocycles. The zero-order chi connectivity index (χ0) is 20.2. The molecule has 0 N–H and O–H groups in total. The number of carbonyl (C=O) groups excluding carboxylic acids is 1. The third-order valence-corrected chi connectivity index (χ3v) is 8.44. The van der Waals surface area contributed by atoms with Crippen LogP contribution in [0, 0.1) is 23.2 Å². The molecule has 0 radical (unpaired) electrons. The summed E-state index contributed by atoms with van der Waals surface area (Å²) in [6.07, 6.45) is 8.94. The van der Waals surface area contributed by atoms with Gasteiger partial charge < -0.3 is 0 Å². The molecule has 152 valence electrons. The van der Waals surface area contributed by atoms with E-state index >= 15 is 0 Å². The van der Waals surface area contributed by atoms with Crippen LogP contribution in [0.5, 0.6) is 0 Å². The molecule has 4 nitrogen and oxygen atoms in total. The van der Waals surface area contributed by atoms with E-state index in [0.717, 1.165) is 37.0 Å². The Balaban J connectivity index is 1.46.